The maximum Gasteiger partial charge on any atom is 0.180 e. The minimum absolute atomic E-state index is 0.814. The van der Waals surface area contributed by atoms with Gasteiger partial charge in [-0.15, -0.1) is 0 Å². The molecule has 3 aromatic rings. The second kappa shape index (κ2) is 6.26. The number of hydrogen-bond acceptors (Lipinski definition) is 4. The summed E-state index contributed by atoms with van der Waals surface area (Å²) in [6.45, 7) is 3.73. The molecule has 0 aliphatic heterocycles. The third-order valence-electron chi connectivity index (χ3n) is 3.28. The lowest BCUT2D eigenvalue weighted by Crippen LogP contribution is -2.10. The van der Waals surface area contributed by atoms with Gasteiger partial charge in [-0.25, -0.2) is 9.97 Å². The number of fused-ring (bicyclic) bond motifs is 1. The van der Waals surface area contributed by atoms with Gasteiger partial charge in [0.1, 0.15) is 5.82 Å². The van der Waals surface area contributed by atoms with Crippen LogP contribution in [0.25, 0.3) is 5.65 Å². The monoisotopic (exact) mass is 281 g/mol. The van der Waals surface area contributed by atoms with Crippen molar-refractivity contribution in [3.63, 3.8) is 0 Å². The number of hydrogen-bond donors (Lipinski definition) is 2. The van der Waals surface area contributed by atoms with Crippen molar-refractivity contribution in [2.75, 3.05) is 23.7 Å². The van der Waals surface area contributed by atoms with Crippen LogP contribution in [0, 0.1) is 0 Å². The molecule has 3 rings (SSSR count). The van der Waals surface area contributed by atoms with E-state index < -0.39 is 0 Å². The molecule has 0 saturated carbocycles. The van der Waals surface area contributed by atoms with Crippen molar-refractivity contribution in [1.82, 2.24) is 14.4 Å². The molecule has 5 nitrogen and oxygen atoms in total. The van der Waals surface area contributed by atoms with E-state index in [0.29, 0.717) is 0 Å². The second-order valence-corrected chi connectivity index (χ2v) is 4.83. The number of anilines is 2. The Morgan fingerprint density at radius 2 is 2.00 bits per heavy atom. The molecule has 0 aliphatic rings. The van der Waals surface area contributed by atoms with Crippen LogP contribution in [0.5, 0.6) is 0 Å². The molecule has 0 spiro atoms. The molecule has 2 N–H and O–H groups in total. The maximum absolute atomic E-state index is 4.59. The van der Waals surface area contributed by atoms with E-state index in [9.17, 15) is 0 Å². The molecule has 2 heterocycles. The van der Waals surface area contributed by atoms with Crippen LogP contribution in [-0.2, 0) is 6.42 Å². The van der Waals surface area contributed by atoms with Gasteiger partial charge in [0.2, 0.25) is 0 Å². The summed E-state index contributed by atoms with van der Waals surface area (Å²) >= 11 is 0. The van der Waals surface area contributed by atoms with E-state index in [1.165, 1.54) is 5.56 Å². The summed E-state index contributed by atoms with van der Waals surface area (Å²) in [5.41, 5.74) is 2.16. The van der Waals surface area contributed by atoms with Crippen molar-refractivity contribution in [3.05, 3.63) is 54.5 Å². The van der Waals surface area contributed by atoms with Gasteiger partial charge in [-0.1, -0.05) is 30.3 Å². The number of aromatic nitrogens is 3. The van der Waals surface area contributed by atoms with Crippen LogP contribution < -0.4 is 10.6 Å². The summed E-state index contributed by atoms with van der Waals surface area (Å²) in [5.74, 6) is 1.67. The summed E-state index contributed by atoms with van der Waals surface area (Å²) in [4.78, 5) is 8.94. The fourth-order valence-corrected chi connectivity index (χ4v) is 2.29. The summed E-state index contributed by atoms with van der Waals surface area (Å²) in [6, 6.07) is 10.4. The van der Waals surface area contributed by atoms with Crippen molar-refractivity contribution < 1.29 is 0 Å². The molecule has 0 bridgehead atoms. The van der Waals surface area contributed by atoms with Gasteiger partial charge >= 0.3 is 0 Å². The third-order valence-corrected chi connectivity index (χ3v) is 3.28. The Hall–Kier alpha value is -2.56. The van der Waals surface area contributed by atoms with Crippen LogP contribution in [0.1, 0.15) is 12.5 Å². The van der Waals surface area contributed by atoms with Gasteiger partial charge in [0.15, 0.2) is 11.5 Å². The highest BCUT2D eigenvalue weighted by Gasteiger charge is 2.06. The average molecular weight is 281 g/mol. The lowest BCUT2D eigenvalue weighted by Gasteiger charge is -2.10. The first-order valence-electron chi connectivity index (χ1n) is 7.22. The molecular weight excluding hydrogens is 262 g/mol. The highest BCUT2D eigenvalue weighted by Crippen LogP contribution is 2.16. The van der Waals surface area contributed by atoms with Crippen molar-refractivity contribution in [2.24, 2.45) is 0 Å². The van der Waals surface area contributed by atoms with Crippen LogP contribution in [0.4, 0.5) is 11.6 Å². The smallest absolute Gasteiger partial charge is 0.180 e. The fraction of sp³-hybridized carbons (Fsp3) is 0.250. The van der Waals surface area contributed by atoms with E-state index in [0.717, 1.165) is 36.8 Å². The fourth-order valence-electron chi connectivity index (χ4n) is 2.29. The van der Waals surface area contributed by atoms with Crippen LogP contribution >= 0.6 is 0 Å². The average Bonchev–Trinajstić information content (AvgIpc) is 2.97. The lowest BCUT2D eigenvalue weighted by molar-refractivity contribution is 0.995. The number of rotatable bonds is 6. The first kappa shape index (κ1) is 13.4. The molecule has 2 aromatic heterocycles. The first-order chi connectivity index (χ1) is 10.4. The normalized spacial score (nSPS) is 10.7. The van der Waals surface area contributed by atoms with Gasteiger partial charge in [-0.05, 0) is 18.9 Å². The Balaban J connectivity index is 1.74. The molecule has 108 valence electrons. The van der Waals surface area contributed by atoms with E-state index in [1.54, 1.807) is 6.20 Å². The van der Waals surface area contributed by atoms with Crippen molar-refractivity contribution >= 4 is 17.3 Å². The van der Waals surface area contributed by atoms with E-state index in [-0.39, 0.29) is 0 Å². The Kier molecular flexibility index (Phi) is 4.00. The van der Waals surface area contributed by atoms with E-state index >= 15 is 0 Å². The molecule has 5 heteroatoms. The minimum atomic E-state index is 0.814. The molecule has 0 radical (unpaired) electrons. The van der Waals surface area contributed by atoms with Crippen LogP contribution in [-0.4, -0.2) is 27.5 Å². The molecule has 0 atom stereocenters. The Labute approximate surface area is 124 Å². The number of benzene rings is 1. The Morgan fingerprint density at radius 1 is 1.14 bits per heavy atom. The number of imidazole rings is 1. The third kappa shape index (κ3) is 3.13. The molecule has 0 fully saturated rings. The van der Waals surface area contributed by atoms with Gasteiger partial charge in [0.25, 0.3) is 0 Å². The van der Waals surface area contributed by atoms with E-state index in [1.807, 2.05) is 22.9 Å². The zero-order valence-electron chi connectivity index (χ0n) is 12.1. The highest BCUT2D eigenvalue weighted by molar-refractivity contribution is 5.65. The maximum atomic E-state index is 4.59. The topological polar surface area (TPSA) is 54.2 Å². The largest absolute Gasteiger partial charge is 0.369 e. The minimum Gasteiger partial charge on any atom is -0.369 e. The van der Waals surface area contributed by atoms with E-state index in [2.05, 4.69) is 51.8 Å². The van der Waals surface area contributed by atoms with Gasteiger partial charge in [-0.2, -0.15) is 0 Å². The number of nitrogens with one attached hydrogen (secondary N) is 2. The number of nitrogens with zero attached hydrogens (tertiary/aromatic N) is 3. The first-order valence-corrected chi connectivity index (χ1v) is 7.22. The van der Waals surface area contributed by atoms with Gasteiger partial charge in [0.05, 0.1) is 6.20 Å². The predicted octanol–water partition coefficient (Wildman–Crippen LogP) is 2.82. The molecule has 0 saturated heterocycles. The molecule has 0 aliphatic carbocycles. The summed E-state index contributed by atoms with van der Waals surface area (Å²) in [5, 5.41) is 6.62. The summed E-state index contributed by atoms with van der Waals surface area (Å²) < 4.78 is 1.98. The van der Waals surface area contributed by atoms with Crippen LogP contribution in [0.2, 0.25) is 0 Å². The zero-order valence-corrected chi connectivity index (χ0v) is 12.1. The molecule has 21 heavy (non-hydrogen) atoms. The second-order valence-electron chi connectivity index (χ2n) is 4.83. The quantitative estimate of drug-likeness (QED) is 0.729. The molecule has 1 aromatic carbocycles. The Bertz CT molecular complexity index is 705. The van der Waals surface area contributed by atoms with Gasteiger partial charge in [0, 0.05) is 25.5 Å². The highest BCUT2D eigenvalue weighted by atomic mass is 15.1. The standard InChI is InChI=1S/C16H19N5/c1-2-17-14-12-21-11-10-19-16(21)15(20-14)18-9-8-13-6-4-3-5-7-13/h3-7,10-12,17H,2,8-9H2,1H3,(H,18,20). The lowest BCUT2D eigenvalue weighted by atomic mass is 10.1. The predicted molar refractivity (Wildman–Crippen MR) is 85.8 cm³/mol. The molecular formula is C16H19N5. The van der Waals surface area contributed by atoms with Gasteiger partial charge < -0.3 is 15.0 Å². The van der Waals surface area contributed by atoms with Crippen LogP contribution in [0.15, 0.2) is 48.9 Å². The molecule has 0 amide bonds. The SMILES string of the molecule is CCNc1cn2ccnc2c(NCCc2ccccc2)n1. The van der Waals surface area contributed by atoms with Crippen molar-refractivity contribution in [3.8, 4) is 0 Å². The van der Waals surface area contributed by atoms with Crippen molar-refractivity contribution in [2.45, 2.75) is 13.3 Å². The van der Waals surface area contributed by atoms with Crippen molar-refractivity contribution in [1.29, 1.82) is 0 Å². The molecule has 0 unspecified atom stereocenters. The van der Waals surface area contributed by atoms with Crippen LogP contribution in [0.3, 0.4) is 0 Å². The van der Waals surface area contributed by atoms with Gasteiger partial charge in [-0.3, -0.25) is 0 Å². The Morgan fingerprint density at radius 3 is 2.81 bits per heavy atom. The zero-order chi connectivity index (χ0) is 14.5. The van der Waals surface area contributed by atoms with E-state index in [4.69, 9.17) is 0 Å². The summed E-state index contributed by atoms with van der Waals surface area (Å²) in [7, 11) is 0. The summed E-state index contributed by atoms with van der Waals surface area (Å²) in [6.07, 6.45) is 6.63.